The van der Waals surface area contributed by atoms with E-state index in [-0.39, 0.29) is 5.91 Å². The van der Waals surface area contributed by atoms with Crippen molar-refractivity contribution in [3.8, 4) is 0 Å². The fraction of sp³-hybridized carbons (Fsp3) is 0.222. The molecule has 4 rings (SSSR count). The number of para-hydroxylation sites is 3. The summed E-state index contributed by atoms with van der Waals surface area (Å²) in [6, 6.07) is 15.5. The number of nitrogens with zero attached hydrogens (tertiary/aromatic N) is 2. The Morgan fingerprint density at radius 1 is 1.22 bits per heavy atom. The average Bonchev–Trinajstić information content (AvgIpc) is 3.17. The van der Waals surface area contributed by atoms with Crippen molar-refractivity contribution >= 4 is 28.7 Å². The van der Waals surface area contributed by atoms with E-state index in [0.29, 0.717) is 11.6 Å². The highest BCUT2D eigenvalue weighted by atomic mass is 16.4. The lowest BCUT2D eigenvalue weighted by atomic mass is 10.2. The van der Waals surface area contributed by atoms with E-state index in [2.05, 4.69) is 16.4 Å². The van der Waals surface area contributed by atoms with Crippen molar-refractivity contribution in [2.24, 2.45) is 0 Å². The minimum absolute atomic E-state index is 0.0252. The maximum atomic E-state index is 12.7. The van der Waals surface area contributed by atoms with Gasteiger partial charge in [0.2, 0.25) is 5.91 Å². The van der Waals surface area contributed by atoms with Crippen LogP contribution in [0.15, 0.2) is 52.9 Å². The first-order chi connectivity index (χ1) is 11.2. The summed E-state index contributed by atoms with van der Waals surface area (Å²) in [7, 11) is 0. The Morgan fingerprint density at radius 3 is 2.87 bits per heavy atom. The first-order valence-electron chi connectivity index (χ1n) is 7.74. The summed E-state index contributed by atoms with van der Waals surface area (Å²) in [4.78, 5) is 18.9. The molecule has 2 aromatic carbocycles. The second-order valence-corrected chi connectivity index (χ2v) is 5.72. The van der Waals surface area contributed by atoms with Crippen molar-refractivity contribution in [3.63, 3.8) is 0 Å². The highest BCUT2D eigenvalue weighted by molar-refractivity contribution is 6.00. The summed E-state index contributed by atoms with van der Waals surface area (Å²) < 4.78 is 5.63. The number of nitrogens with one attached hydrogen (secondary N) is 1. The van der Waals surface area contributed by atoms with E-state index in [1.165, 1.54) is 5.56 Å². The number of hydrogen-bond donors (Lipinski definition) is 1. The van der Waals surface area contributed by atoms with Gasteiger partial charge in [-0.2, -0.15) is 4.98 Å². The van der Waals surface area contributed by atoms with Crippen LogP contribution in [0, 0.1) is 0 Å². The Bertz CT molecular complexity index is 838. The summed E-state index contributed by atoms with van der Waals surface area (Å²) >= 11 is 0. The highest BCUT2D eigenvalue weighted by Gasteiger charge is 2.28. The van der Waals surface area contributed by atoms with Gasteiger partial charge in [-0.3, -0.25) is 4.79 Å². The monoisotopic (exact) mass is 307 g/mol. The maximum Gasteiger partial charge on any atom is 0.296 e. The predicted molar refractivity (Wildman–Crippen MR) is 89.6 cm³/mol. The lowest BCUT2D eigenvalue weighted by Crippen LogP contribution is -2.40. The first kappa shape index (κ1) is 13.8. The number of aromatic nitrogens is 1. The van der Waals surface area contributed by atoms with Crippen LogP contribution in [-0.4, -0.2) is 23.5 Å². The number of oxazole rings is 1. The molecule has 23 heavy (non-hydrogen) atoms. The zero-order valence-corrected chi connectivity index (χ0v) is 12.8. The molecule has 2 heterocycles. The fourth-order valence-electron chi connectivity index (χ4n) is 2.98. The van der Waals surface area contributed by atoms with Gasteiger partial charge in [-0.25, -0.2) is 0 Å². The lowest BCUT2D eigenvalue weighted by molar-refractivity contribution is -0.118. The van der Waals surface area contributed by atoms with E-state index in [9.17, 15) is 4.79 Å². The van der Waals surface area contributed by atoms with Crippen molar-refractivity contribution in [1.82, 2.24) is 4.98 Å². The van der Waals surface area contributed by atoms with Gasteiger partial charge in [-0.15, -0.1) is 0 Å². The van der Waals surface area contributed by atoms with Crippen molar-refractivity contribution in [1.29, 1.82) is 0 Å². The molecule has 0 radical (unpaired) electrons. The van der Waals surface area contributed by atoms with Gasteiger partial charge in [0.25, 0.3) is 6.01 Å². The van der Waals surface area contributed by atoms with Crippen LogP contribution in [-0.2, 0) is 11.2 Å². The Balaban J connectivity index is 1.53. The van der Waals surface area contributed by atoms with Gasteiger partial charge in [0.15, 0.2) is 5.58 Å². The molecular weight excluding hydrogens is 290 g/mol. The van der Waals surface area contributed by atoms with Crippen LogP contribution in [0.25, 0.3) is 11.1 Å². The SMILES string of the molecule is CC(Nc1nc2ccccc2o1)C(=O)N1CCc2ccccc21. The molecule has 0 saturated heterocycles. The molecular formula is C18H17N3O2. The average molecular weight is 307 g/mol. The van der Waals surface area contributed by atoms with Gasteiger partial charge in [-0.05, 0) is 37.1 Å². The van der Waals surface area contributed by atoms with Gasteiger partial charge in [0.05, 0.1) is 0 Å². The van der Waals surface area contributed by atoms with E-state index in [0.717, 1.165) is 24.2 Å². The Morgan fingerprint density at radius 2 is 2.00 bits per heavy atom. The molecule has 0 aliphatic carbocycles. The molecule has 1 aliphatic rings. The Labute approximate surface area is 133 Å². The number of fused-ring (bicyclic) bond motifs is 2. The zero-order valence-electron chi connectivity index (χ0n) is 12.8. The molecule has 116 valence electrons. The molecule has 1 amide bonds. The number of rotatable bonds is 3. The van der Waals surface area contributed by atoms with Gasteiger partial charge >= 0.3 is 0 Å². The number of benzene rings is 2. The summed E-state index contributed by atoms with van der Waals surface area (Å²) in [6.45, 7) is 2.55. The molecule has 1 N–H and O–H groups in total. The maximum absolute atomic E-state index is 12.7. The molecule has 3 aromatic rings. The highest BCUT2D eigenvalue weighted by Crippen LogP contribution is 2.28. The van der Waals surface area contributed by atoms with Crippen LogP contribution in [0.1, 0.15) is 12.5 Å². The Kier molecular flexibility index (Phi) is 3.26. The van der Waals surface area contributed by atoms with E-state index < -0.39 is 6.04 Å². The van der Waals surface area contributed by atoms with Gasteiger partial charge in [-0.1, -0.05) is 30.3 Å². The zero-order chi connectivity index (χ0) is 15.8. The van der Waals surface area contributed by atoms with Crippen molar-refractivity contribution in [3.05, 3.63) is 54.1 Å². The third-order valence-corrected chi connectivity index (χ3v) is 4.16. The number of hydrogen-bond acceptors (Lipinski definition) is 4. The van der Waals surface area contributed by atoms with Gasteiger partial charge in [0, 0.05) is 12.2 Å². The van der Waals surface area contributed by atoms with E-state index in [1.54, 1.807) is 0 Å². The van der Waals surface area contributed by atoms with Crippen molar-refractivity contribution in [2.45, 2.75) is 19.4 Å². The molecule has 1 unspecified atom stereocenters. The molecule has 1 aliphatic heterocycles. The minimum Gasteiger partial charge on any atom is -0.424 e. The van der Waals surface area contributed by atoms with Crippen LogP contribution in [0.4, 0.5) is 11.7 Å². The molecule has 1 atom stereocenters. The summed E-state index contributed by atoms with van der Waals surface area (Å²) in [5.74, 6) is 0.0252. The molecule has 0 saturated carbocycles. The predicted octanol–water partition coefficient (Wildman–Crippen LogP) is 3.22. The molecule has 0 spiro atoms. The van der Waals surface area contributed by atoms with Crippen LogP contribution < -0.4 is 10.2 Å². The summed E-state index contributed by atoms with van der Waals surface area (Å²) in [6.07, 6.45) is 0.900. The summed E-state index contributed by atoms with van der Waals surface area (Å²) in [5.41, 5.74) is 3.71. The fourth-order valence-corrected chi connectivity index (χ4v) is 2.98. The smallest absolute Gasteiger partial charge is 0.296 e. The Hall–Kier alpha value is -2.82. The third-order valence-electron chi connectivity index (χ3n) is 4.16. The number of carbonyl (C=O) groups excluding carboxylic acids is 1. The molecule has 0 fully saturated rings. The molecule has 1 aromatic heterocycles. The standard InChI is InChI=1S/C18H17N3O2/c1-12(19-18-20-14-7-3-5-9-16(14)23-18)17(22)21-11-10-13-6-2-4-8-15(13)21/h2-9,12H,10-11H2,1H3,(H,19,20). The topological polar surface area (TPSA) is 58.4 Å². The molecule has 5 heteroatoms. The van der Waals surface area contributed by atoms with Crippen LogP contribution in [0.3, 0.4) is 0 Å². The number of carbonyl (C=O) groups is 1. The number of anilines is 2. The van der Waals surface area contributed by atoms with E-state index in [1.807, 2.05) is 54.3 Å². The summed E-state index contributed by atoms with van der Waals surface area (Å²) in [5, 5.41) is 3.07. The van der Waals surface area contributed by atoms with Crippen molar-refractivity contribution in [2.75, 3.05) is 16.8 Å². The normalized spacial score (nSPS) is 14.7. The van der Waals surface area contributed by atoms with E-state index >= 15 is 0 Å². The van der Waals surface area contributed by atoms with Crippen LogP contribution in [0.5, 0.6) is 0 Å². The largest absolute Gasteiger partial charge is 0.424 e. The van der Waals surface area contributed by atoms with Gasteiger partial charge < -0.3 is 14.6 Å². The molecule has 5 nitrogen and oxygen atoms in total. The first-order valence-corrected chi connectivity index (χ1v) is 7.74. The van der Waals surface area contributed by atoms with Crippen LogP contribution >= 0.6 is 0 Å². The number of amides is 1. The second kappa shape index (κ2) is 5.43. The van der Waals surface area contributed by atoms with E-state index in [4.69, 9.17) is 4.42 Å². The second-order valence-electron chi connectivity index (χ2n) is 5.72. The minimum atomic E-state index is -0.408. The quantitative estimate of drug-likeness (QED) is 0.807. The van der Waals surface area contributed by atoms with Crippen LogP contribution in [0.2, 0.25) is 0 Å². The molecule has 0 bridgehead atoms. The third kappa shape index (κ3) is 2.44. The lowest BCUT2D eigenvalue weighted by Gasteiger charge is -2.21. The van der Waals surface area contributed by atoms with Gasteiger partial charge in [0.1, 0.15) is 11.6 Å². The van der Waals surface area contributed by atoms with Crippen molar-refractivity contribution < 1.29 is 9.21 Å².